The minimum atomic E-state index is -0.893. The number of aliphatic carboxylic acids is 1. The molecule has 0 bridgehead atoms. The molecule has 0 unspecified atom stereocenters. The van der Waals surface area contributed by atoms with Gasteiger partial charge in [-0.2, -0.15) is 5.10 Å². The fourth-order valence-electron chi connectivity index (χ4n) is 3.70. The predicted octanol–water partition coefficient (Wildman–Crippen LogP) is 5.78. The first-order valence-corrected chi connectivity index (χ1v) is 13.0. The van der Waals surface area contributed by atoms with Gasteiger partial charge in [0.15, 0.2) is 0 Å². The molecule has 9 heteroatoms. The second-order valence-electron chi connectivity index (χ2n) is 8.27. The van der Waals surface area contributed by atoms with Gasteiger partial charge in [-0.05, 0) is 55.3 Å². The number of rotatable bonds is 11. The minimum absolute atomic E-state index is 0.0117. The Kier molecular flexibility index (Phi) is 8.56. The van der Waals surface area contributed by atoms with E-state index in [1.807, 2.05) is 66.9 Å². The van der Waals surface area contributed by atoms with Crippen molar-refractivity contribution >= 4 is 46.3 Å². The highest BCUT2D eigenvalue weighted by atomic mass is 32.2. The van der Waals surface area contributed by atoms with Gasteiger partial charge >= 0.3 is 5.97 Å². The van der Waals surface area contributed by atoms with Crippen LogP contribution in [0.1, 0.15) is 38.2 Å². The van der Waals surface area contributed by atoms with Crippen LogP contribution in [-0.4, -0.2) is 49.1 Å². The zero-order chi connectivity index (χ0) is 25.5. The number of unbranched alkanes of at least 4 members (excludes halogenated alkanes) is 1. The summed E-state index contributed by atoms with van der Waals surface area (Å²) >= 11 is 6.62. The van der Waals surface area contributed by atoms with Crippen molar-refractivity contribution in [1.82, 2.24) is 14.7 Å². The average Bonchev–Trinajstić information content (AvgIpc) is 3.41. The van der Waals surface area contributed by atoms with Crippen molar-refractivity contribution in [3.63, 3.8) is 0 Å². The van der Waals surface area contributed by atoms with E-state index in [-0.39, 0.29) is 18.9 Å². The SMILES string of the molecule is CCCCOc1ccc(-c2nn(-c3ccccc3)cc2/C=C2\SC(=S)N(CCCC(=O)O)C2=O)cc1. The van der Waals surface area contributed by atoms with Crippen LogP contribution in [0.25, 0.3) is 23.0 Å². The van der Waals surface area contributed by atoms with E-state index >= 15 is 0 Å². The Morgan fingerprint density at radius 2 is 1.89 bits per heavy atom. The molecule has 1 N–H and O–H groups in total. The Bertz CT molecular complexity index is 1270. The van der Waals surface area contributed by atoms with E-state index in [1.165, 1.54) is 16.7 Å². The van der Waals surface area contributed by atoms with E-state index in [0.717, 1.165) is 41.1 Å². The van der Waals surface area contributed by atoms with Crippen LogP contribution in [0.2, 0.25) is 0 Å². The molecule has 1 saturated heterocycles. The van der Waals surface area contributed by atoms with E-state index in [0.29, 0.717) is 22.3 Å². The number of carbonyl (C=O) groups is 2. The maximum absolute atomic E-state index is 13.0. The molecule has 1 aliphatic heterocycles. The number of carbonyl (C=O) groups excluding carboxylic acids is 1. The van der Waals surface area contributed by atoms with Gasteiger partial charge in [-0.15, -0.1) is 0 Å². The van der Waals surface area contributed by atoms with Crippen LogP contribution in [0.3, 0.4) is 0 Å². The molecule has 2 aromatic carbocycles. The van der Waals surface area contributed by atoms with Crippen molar-refractivity contribution in [2.45, 2.75) is 32.6 Å². The van der Waals surface area contributed by atoms with Gasteiger partial charge in [-0.3, -0.25) is 14.5 Å². The molecular formula is C27H27N3O4S2. The van der Waals surface area contributed by atoms with Crippen LogP contribution in [-0.2, 0) is 9.59 Å². The number of hydrogen-bond acceptors (Lipinski definition) is 6. The molecule has 4 rings (SSSR count). The minimum Gasteiger partial charge on any atom is -0.494 e. The van der Waals surface area contributed by atoms with Crippen molar-refractivity contribution in [3.05, 3.63) is 71.3 Å². The monoisotopic (exact) mass is 521 g/mol. The second kappa shape index (κ2) is 12.0. The summed E-state index contributed by atoms with van der Waals surface area (Å²) in [5, 5.41) is 13.7. The predicted molar refractivity (Wildman–Crippen MR) is 146 cm³/mol. The third kappa shape index (κ3) is 6.22. The van der Waals surface area contributed by atoms with Gasteiger partial charge in [0.25, 0.3) is 5.91 Å². The topological polar surface area (TPSA) is 84.7 Å². The largest absolute Gasteiger partial charge is 0.494 e. The summed E-state index contributed by atoms with van der Waals surface area (Å²) in [6.45, 7) is 3.09. The lowest BCUT2D eigenvalue weighted by Gasteiger charge is -2.13. The molecule has 1 amide bonds. The number of thioether (sulfide) groups is 1. The van der Waals surface area contributed by atoms with E-state index < -0.39 is 5.97 Å². The van der Waals surface area contributed by atoms with Crippen LogP contribution < -0.4 is 4.74 Å². The molecule has 1 fully saturated rings. The van der Waals surface area contributed by atoms with Gasteiger partial charge in [0.2, 0.25) is 0 Å². The fraction of sp³-hybridized carbons (Fsp3) is 0.259. The molecule has 0 atom stereocenters. The van der Waals surface area contributed by atoms with E-state index in [1.54, 1.807) is 4.68 Å². The van der Waals surface area contributed by atoms with Gasteiger partial charge in [-0.1, -0.05) is 55.5 Å². The third-order valence-corrected chi connectivity index (χ3v) is 6.97. The lowest BCUT2D eigenvalue weighted by Crippen LogP contribution is -2.29. The highest BCUT2D eigenvalue weighted by Gasteiger charge is 2.32. The third-order valence-electron chi connectivity index (χ3n) is 5.59. The Morgan fingerprint density at radius 3 is 2.58 bits per heavy atom. The molecule has 186 valence electrons. The summed E-state index contributed by atoms with van der Waals surface area (Å²) in [6.07, 6.45) is 6.12. The van der Waals surface area contributed by atoms with Crippen LogP contribution in [0.15, 0.2) is 65.7 Å². The summed E-state index contributed by atoms with van der Waals surface area (Å²) in [4.78, 5) is 25.9. The summed E-state index contributed by atoms with van der Waals surface area (Å²) < 4.78 is 8.02. The van der Waals surface area contributed by atoms with Crippen molar-refractivity contribution in [2.75, 3.05) is 13.2 Å². The highest BCUT2D eigenvalue weighted by Crippen LogP contribution is 2.35. The molecule has 0 aliphatic carbocycles. The Balaban J connectivity index is 1.64. The first-order chi connectivity index (χ1) is 17.5. The maximum atomic E-state index is 13.0. The Labute approximate surface area is 219 Å². The quantitative estimate of drug-likeness (QED) is 0.194. The van der Waals surface area contributed by atoms with E-state index in [9.17, 15) is 9.59 Å². The number of nitrogens with zero attached hydrogens (tertiary/aromatic N) is 3. The standard InChI is InChI=1S/C27H27N3O4S2/c1-2-3-16-34-22-13-11-19(12-14-22)25-20(18-30(28-25)21-8-5-4-6-9-21)17-23-26(33)29(27(35)36-23)15-7-10-24(31)32/h4-6,8-9,11-14,17-18H,2-3,7,10,15-16H2,1H3,(H,31,32)/b23-17-. The van der Waals surface area contributed by atoms with Gasteiger partial charge in [0.1, 0.15) is 10.1 Å². The lowest BCUT2D eigenvalue weighted by molar-refractivity contribution is -0.137. The molecule has 0 spiro atoms. The average molecular weight is 522 g/mol. The summed E-state index contributed by atoms with van der Waals surface area (Å²) in [6, 6.07) is 17.6. The number of ether oxygens (including phenoxy) is 1. The van der Waals surface area contributed by atoms with Crippen LogP contribution in [0, 0.1) is 0 Å². The van der Waals surface area contributed by atoms with E-state index in [2.05, 4.69) is 6.92 Å². The highest BCUT2D eigenvalue weighted by molar-refractivity contribution is 8.26. The molecule has 0 radical (unpaired) electrons. The molecule has 7 nitrogen and oxygen atoms in total. The van der Waals surface area contributed by atoms with Crippen molar-refractivity contribution < 1.29 is 19.4 Å². The molecule has 2 heterocycles. The Morgan fingerprint density at radius 1 is 1.14 bits per heavy atom. The fourth-order valence-corrected chi connectivity index (χ4v) is 5.00. The van der Waals surface area contributed by atoms with Gasteiger partial charge in [0.05, 0.1) is 22.9 Å². The van der Waals surface area contributed by atoms with Gasteiger partial charge < -0.3 is 9.84 Å². The number of aromatic nitrogens is 2. The number of para-hydroxylation sites is 1. The van der Waals surface area contributed by atoms with Crippen LogP contribution in [0.4, 0.5) is 0 Å². The van der Waals surface area contributed by atoms with Gasteiger partial charge in [0, 0.05) is 30.3 Å². The number of benzene rings is 2. The molecule has 36 heavy (non-hydrogen) atoms. The first kappa shape index (κ1) is 25.7. The molecule has 3 aromatic rings. The van der Waals surface area contributed by atoms with E-state index in [4.69, 9.17) is 27.2 Å². The zero-order valence-electron chi connectivity index (χ0n) is 19.9. The first-order valence-electron chi connectivity index (χ1n) is 11.8. The second-order valence-corrected chi connectivity index (χ2v) is 9.95. The number of carboxylic acids is 1. The molecule has 0 saturated carbocycles. The normalized spacial score (nSPS) is 14.6. The number of thiocarbonyl (C=S) groups is 1. The van der Waals surface area contributed by atoms with Crippen molar-refractivity contribution in [3.8, 4) is 22.7 Å². The van der Waals surface area contributed by atoms with Crippen LogP contribution in [0.5, 0.6) is 5.75 Å². The van der Waals surface area contributed by atoms with Crippen LogP contribution >= 0.6 is 24.0 Å². The van der Waals surface area contributed by atoms with Crippen molar-refractivity contribution in [2.24, 2.45) is 0 Å². The zero-order valence-corrected chi connectivity index (χ0v) is 21.6. The summed E-state index contributed by atoms with van der Waals surface area (Å²) in [7, 11) is 0. The number of hydrogen-bond donors (Lipinski definition) is 1. The summed E-state index contributed by atoms with van der Waals surface area (Å²) in [5.74, 6) is -0.303. The molecule has 1 aliphatic rings. The van der Waals surface area contributed by atoms with Crippen molar-refractivity contribution in [1.29, 1.82) is 0 Å². The van der Waals surface area contributed by atoms with Gasteiger partial charge in [-0.25, -0.2) is 4.68 Å². The maximum Gasteiger partial charge on any atom is 0.303 e. The lowest BCUT2D eigenvalue weighted by atomic mass is 10.1. The molecular weight excluding hydrogens is 494 g/mol. The smallest absolute Gasteiger partial charge is 0.303 e. The number of amides is 1. The number of carboxylic acid groups (broad SMARTS) is 1. The Hall–Kier alpha value is -3.43. The summed E-state index contributed by atoms with van der Waals surface area (Å²) in [5.41, 5.74) is 3.31. The molecule has 1 aromatic heterocycles.